The van der Waals surface area contributed by atoms with Crippen LogP contribution in [0.2, 0.25) is 0 Å². The number of aryl methyl sites for hydroxylation is 1. The Morgan fingerprint density at radius 2 is 1.77 bits per heavy atom. The monoisotopic (exact) mass is 468 g/mol. The molecule has 6 nitrogen and oxygen atoms in total. The number of hydrogen-bond acceptors (Lipinski definition) is 3. The topological polar surface area (TPSA) is 61.1 Å². The number of halogens is 1. The van der Waals surface area contributed by atoms with Crippen LogP contribution in [0.4, 0.5) is 0 Å². The first kappa shape index (κ1) is 20.3. The number of nitrogens with one attached hydrogen (secondary N) is 1. The maximum absolute atomic E-state index is 12.3. The molecule has 1 aromatic carbocycles. The minimum Gasteiger partial charge on any atom is -0.459 e. The molecule has 0 spiro atoms. The van der Waals surface area contributed by atoms with Gasteiger partial charge in [0.15, 0.2) is 11.7 Å². The summed E-state index contributed by atoms with van der Waals surface area (Å²) < 4.78 is 5.20. The van der Waals surface area contributed by atoms with Crippen molar-refractivity contribution in [2.24, 2.45) is 4.99 Å². The van der Waals surface area contributed by atoms with Crippen LogP contribution in [0.25, 0.3) is 0 Å². The summed E-state index contributed by atoms with van der Waals surface area (Å²) >= 11 is 0. The Labute approximate surface area is 171 Å². The van der Waals surface area contributed by atoms with Crippen molar-refractivity contribution in [3.05, 3.63) is 59.5 Å². The summed E-state index contributed by atoms with van der Waals surface area (Å²) in [4.78, 5) is 20.7. The van der Waals surface area contributed by atoms with Crippen LogP contribution in [0.15, 0.2) is 52.1 Å². The zero-order valence-corrected chi connectivity index (χ0v) is 17.5. The van der Waals surface area contributed by atoms with Gasteiger partial charge in [-0.1, -0.05) is 29.8 Å². The van der Waals surface area contributed by atoms with E-state index in [-0.39, 0.29) is 29.9 Å². The Morgan fingerprint density at radius 3 is 2.35 bits per heavy atom. The fraction of sp³-hybridized carbons (Fsp3) is 0.368. The summed E-state index contributed by atoms with van der Waals surface area (Å²) in [5.41, 5.74) is 2.48. The molecule has 0 bridgehead atoms. The summed E-state index contributed by atoms with van der Waals surface area (Å²) in [6, 6.07) is 11.9. The van der Waals surface area contributed by atoms with Crippen LogP contribution in [-0.4, -0.2) is 54.9 Å². The first-order valence-electron chi connectivity index (χ1n) is 8.51. The molecule has 3 rings (SSSR count). The van der Waals surface area contributed by atoms with Gasteiger partial charge in [0, 0.05) is 39.8 Å². The van der Waals surface area contributed by atoms with E-state index >= 15 is 0 Å². The molecule has 2 aromatic rings. The summed E-state index contributed by atoms with van der Waals surface area (Å²) in [5, 5.41) is 3.40. The summed E-state index contributed by atoms with van der Waals surface area (Å²) in [6.07, 6.45) is 1.53. The Balaban J connectivity index is 0.00000243. The highest BCUT2D eigenvalue weighted by molar-refractivity contribution is 14.0. The number of hydrogen-bond donors (Lipinski definition) is 1. The second-order valence-electron chi connectivity index (χ2n) is 6.14. The van der Waals surface area contributed by atoms with Crippen LogP contribution in [0.5, 0.6) is 0 Å². The normalized spacial score (nSPS) is 14.8. The Hall–Kier alpha value is -2.03. The molecule has 1 aliphatic heterocycles. The number of rotatable bonds is 3. The smallest absolute Gasteiger partial charge is 0.289 e. The number of aliphatic imine (C=N–C) groups is 1. The lowest BCUT2D eigenvalue weighted by Crippen LogP contribution is -2.53. The lowest BCUT2D eigenvalue weighted by atomic mass is 10.1. The molecule has 0 saturated carbocycles. The van der Waals surface area contributed by atoms with E-state index in [0.717, 1.165) is 25.6 Å². The highest BCUT2D eigenvalue weighted by Crippen LogP contribution is 2.10. The van der Waals surface area contributed by atoms with Gasteiger partial charge in [0.2, 0.25) is 0 Å². The van der Waals surface area contributed by atoms with Crippen molar-refractivity contribution >= 4 is 35.8 Å². The third kappa shape index (κ3) is 5.00. The molecule has 0 radical (unpaired) electrons. The highest BCUT2D eigenvalue weighted by Gasteiger charge is 2.25. The predicted octanol–water partition coefficient (Wildman–Crippen LogP) is 2.74. The molecule has 0 unspecified atom stereocenters. The predicted molar refractivity (Wildman–Crippen MR) is 113 cm³/mol. The minimum atomic E-state index is -0.0488. The first-order chi connectivity index (χ1) is 12.2. The zero-order chi connectivity index (χ0) is 17.6. The maximum Gasteiger partial charge on any atom is 0.289 e. The molecule has 140 valence electrons. The van der Waals surface area contributed by atoms with Crippen molar-refractivity contribution in [3.8, 4) is 0 Å². The first-order valence-corrected chi connectivity index (χ1v) is 8.51. The van der Waals surface area contributed by atoms with Gasteiger partial charge in [0.05, 0.1) is 6.26 Å². The third-order valence-corrected chi connectivity index (χ3v) is 4.38. The van der Waals surface area contributed by atoms with E-state index in [1.807, 2.05) is 4.90 Å². The van der Waals surface area contributed by atoms with Gasteiger partial charge in [-0.15, -0.1) is 24.0 Å². The second kappa shape index (κ2) is 9.61. The Bertz CT molecular complexity index is 721. The number of amides is 1. The quantitative estimate of drug-likeness (QED) is 0.428. The number of carbonyl (C=O) groups excluding carboxylic acids is 1. The second-order valence-corrected chi connectivity index (χ2v) is 6.14. The van der Waals surface area contributed by atoms with Crippen LogP contribution >= 0.6 is 24.0 Å². The number of carbonyl (C=O) groups is 1. The van der Waals surface area contributed by atoms with Gasteiger partial charge < -0.3 is 19.5 Å². The van der Waals surface area contributed by atoms with Gasteiger partial charge in [0.1, 0.15) is 0 Å². The molecule has 0 atom stereocenters. The van der Waals surface area contributed by atoms with E-state index in [1.165, 1.54) is 17.4 Å². The molecule has 1 saturated heterocycles. The fourth-order valence-electron chi connectivity index (χ4n) is 2.90. The van der Waals surface area contributed by atoms with Crippen LogP contribution in [0.1, 0.15) is 21.7 Å². The lowest BCUT2D eigenvalue weighted by molar-refractivity contribution is 0.0657. The highest BCUT2D eigenvalue weighted by atomic mass is 127. The molecular weight excluding hydrogens is 443 g/mol. The van der Waals surface area contributed by atoms with Crippen molar-refractivity contribution in [1.29, 1.82) is 0 Å². The fourth-order valence-corrected chi connectivity index (χ4v) is 2.90. The van der Waals surface area contributed by atoms with Crippen LogP contribution in [-0.2, 0) is 6.54 Å². The average molecular weight is 468 g/mol. The van der Waals surface area contributed by atoms with Crippen molar-refractivity contribution in [2.75, 3.05) is 33.2 Å². The molecule has 0 aliphatic carbocycles. The number of piperazine rings is 1. The summed E-state index contributed by atoms with van der Waals surface area (Å²) in [7, 11) is 1.79. The molecule has 1 fully saturated rings. The Kier molecular flexibility index (Phi) is 7.50. The van der Waals surface area contributed by atoms with Gasteiger partial charge in [-0.25, -0.2) is 0 Å². The summed E-state index contributed by atoms with van der Waals surface area (Å²) in [6.45, 7) is 5.63. The number of guanidine groups is 1. The van der Waals surface area contributed by atoms with Gasteiger partial charge in [-0.3, -0.25) is 9.79 Å². The average Bonchev–Trinajstić information content (AvgIpc) is 3.18. The molecule has 7 heteroatoms. The van der Waals surface area contributed by atoms with E-state index in [9.17, 15) is 4.79 Å². The molecular formula is C19H25IN4O2. The van der Waals surface area contributed by atoms with E-state index in [0.29, 0.717) is 18.8 Å². The van der Waals surface area contributed by atoms with E-state index in [2.05, 4.69) is 46.4 Å². The van der Waals surface area contributed by atoms with Crippen molar-refractivity contribution < 1.29 is 9.21 Å². The van der Waals surface area contributed by atoms with Gasteiger partial charge in [-0.2, -0.15) is 0 Å². The number of nitrogens with zero attached hydrogens (tertiary/aromatic N) is 3. The van der Waals surface area contributed by atoms with Gasteiger partial charge in [-0.05, 0) is 24.6 Å². The molecule has 1 aromatic heterocycles. The van der Waals surface area contributed by atoms with Crippen molar-refractivity contribution in [1.82, 2.24) is 15.1 Å². The molecule has 26 heavy (non-hydrogen) atoms. The van der Waals surface area contributed by atoms with Gasteiger partial charge >= 0.3 is 0 Å². The van der Waals surface area contributed by atoms with Crippen molar-refractivity contribution in [3.63, 3.8) is 0 Å². The van der Waals surface area contributed by atoms with E-state index in [4.69, 9.17) is 4.42 Å². The molecule has 2 heterocycles. The number of benzene rings is 1. The van der Waals surface area contributed by atoms with Crippen molar-refractivity contribution in [2.45, 2.75) is 13.5 Å². The van der Waals surface area contributed by atoms with E-state index < -0.39 is 0 Å². The van der Waals surface area contributed by atoms with Crippen LogP contribution in [0.3, 0.4) is 0 Å². The van der Waals surface area contributed by atoms with Crippen LogP contribution < -0.4 is 5.32 Å². The number of furan rings is 1. The minimum absolute atomic E-state index is 0. The van der Waals surface area contributed by atoms with Gasteiger partial charge in [0.25, 0.3) is 5.91 Å². The molecule has 1 N–H and O–H groups in total. The maximum atomic E-state index is 12.3. The lowest BCUT2D eigenvalue weighted by Gasteiger charge is -2.36. The standard InChI is InChI=1S/C19H24N4O2.HI/c1-15-5-7-16(8-6-15)14-21-19(20-2)23-11-9-22(10-12-23)18(24)17-4-3-13-25-17;/h3-8,13H,9-12,14H2,1-2H3,(H,20,21);1H. The molecule has 1 aliphatic rings. The third-order valence-electron chi connectivity index (χ3n) is 4.38. The Morgan fingerprint density at radius 1 is 1.12 bits per heavy atom. The molecule has 1 amide bonds. The summed E-state index contributed by atoms with van der Waals surface area (Å²) in [5.74, 6) is 1.22. The zero-order valence-electron chi connectivity index (χ0n) is 15.1. The SMILES string of the molecule is CN=C(NCc1ccc(C)cc1)N1CCN(C(=O)c2ccco2)CC1.I. The van der Waals surface area contributed by atoms with Crippen LogP contribution in [0, 0.1) is 6.92 Å². The van der Waals surface area contributed by atoms with E-state index in [1.54, 1.807) is 19.2 Å². The largest absolute Gasteiger partial charge is 0.459 e.